The largest absolute Gasteiger partial charge is 0.508 e. The zero-order valence-corrected chi connectivity index (χ0v) is 15.6. The van der Waals surface area contributed by atoms with Gasteiger partial charge in [0.1, 0.15) is 34.7 Å². The second-order valence-electron chi connectivity index (χ2n) is 7.41. The van der Waals surface area contributed by atoms with E-state index in [1.807, 2.05) is 0 Å². The van der Waals surface area contributed by atoms with Gasteiger partial charge in [-0.3, -0.25) is 0 Å². The lowest BCUT2D eigenvalue weighted by Crippen LogP contribution is -2.39. The maximum absolute atomic E-state index is 12.5. The fourth-order valence-electron chi connectivity index (χ4n) is 3.49. The Morgan fingerprint density at radius 1 is 1.14 bits per heavy atom. The first-order chi connectivity index (χ1) is 13.2. The third-order valence-electron chi connectivity index (χ3n) is 4.98. The van der Waals surface area contributed by atoms with Crippen molar-refractivity contribution < 1.29 is 29.2 Å². The molecule has 4 rings (SSSR count). The van der Waals surface area contributed by atoms with E-state index in [9.17, 15) is 20.1 Å². The molecule has 2 aromatic carbocycles. The van der Waals surface area contributed by atoms with E-state index in [-0.39, 0.29) is 28.2 Å². The standard InChI is InChI=1S/C21H20O7/c1-21(2,25)18-8-14-16(27-18)9-17-13(19(14)26-3)7-12(20(24)28-17)11-5-4-10(22)6-15(11)23/h4-7,9,18,22-23,25H,8H2,1-3H3/t18-/m0/s1. The first-order valence-corrected chi connectivity index (χ1v) is 8.78. The maximum Gasteiger partial charge on any atom is 0.344 e. The molecule has 1 atom stereocenters. The first-order valence-electron chi connectivity index (χ1n) is 8.78. The van der Waals surface area contributed by atoms with Crippen molar-refractivity contribution in [2.24, 2.45) is 0 Å². The number of hydrogen-bond donors (Lipinski definition) is 3. The zero-order valence-electron chi connectivity index (χ0n) is 15.6. The minimum atomic E-state index is -1.06. The predicted octanol–water partition coefficient (Wildman–Crippen LogP) is 2.95. The zero-order chi connectivity index (χ0) is 20.2. The van der Waals surface area contributed by atoms with E-state index >= 15 is 0 Å². The van der Waals surface area contributed by atoms with Gasteiger partial charge in [-0.05, 0) is 32.0 Å². The summed E-state index contributed by atoms with van der Waals surface area (Å²) in [6.07, 6.45) is -0.0165. The molecule has 28 heavy (non-hydrogen) atoms. The van der Waals surface area contributed by atoms with Crippen LogP contribution in [-0.2, 0) is 6.42 Å². The lowest BCUT2D eigenvalue weighted by Gasteiger charge is -2.24. The molecule has 7 nitrogen and oxygen atoms in total. The van der Waals surface area contributed by atoms with E-state index in [2.05, 4.69) is 0 Å². The normalized spacial score (nSPS) is 16.1. The molecule has 1 aliphatic rings. The van der Waals surface area contributed by atoms with E-state index in [0.717, 1.165) is 11.6 Å². The molecule has 0 aliphatic carbocycles. The lowest BCUT2D eigenvalue weighted by molar-refractivity contribution is -0.0229. The Kier molecular flexibility index (Phi) is 4.01. The van der Waals surface area contributed by atoms with Crippen molar-refractivity contribution in [1.29, 1.82) is 0 Å². The summed E-state index contributed by atoms with van der Waals surface area (Å²) in [6.45, 7) is 3.34. The molecule has 146 valence electrons. The highest BCUT2D eigenvalue weighted by Crippen LogP contribution is 2.44. The minimum absolute atomic E-state index is 0.114. The van der Waals surface area contributed by atoms with Gasteiger partial charge in [-0.1, -0.05) is 0 Å². The summed E-state index contributed by atoms with van der Waals surface area (Å²) in [5, 5.41) is 30.5. The minimum Gasteiger partial charge on any atom is -0.508 e. The number of benzene rings is 2. The van der Waals surface area contributed by atoms with Crippen molar-refractivity contribution in [2.75, 3.05) is 7.11 Å². The highest BCUT2D eigenvalue weighted by Gasteiger charge is 2.37. The lowest BCUT2D eigenvalue weighted by atomic mass is 9.95. The van der Waals surface area contributed by atoms with Crippen LogP contribution in [0, 0.1) is 0 Å². The van der Waals surface area contributed by atoms with Crippen molar-refractivity contribution in [3.8, 4) is 34.1 Å². The Morgan fingerprint density at radius 2 is 1.89 bits per heavy atom. The number of fused-ring (bicyclic) bond motifs is 2. The molecule has 1 aromatic heterocycles. The Balaban J connectivity index is 1.94. The van der Waals surface area contributed by atoms with Crippen LogP contribution in [0.3, 0.4) is 0 Å². The van der Waals surface area contributed by atoms with Gasteiger partial charge in [0.15, 0.2) is 0 Å². The molecule has 3 aromatic rings. The summed E-state index contributed by atoms with van der Waals surface area (Å²) in [7, 11) is 1.51. The van der Waals surface area contributed by atoms with Crippen LogP contribution >= 0.6 is 0 Å². The summed E-state index contributed by atoms with van der Waals surface area (Å²) in [4.78, 5) is 12.5. The van der Waals surface area contributed by atoms with Gasteiger partial charge in [0.05, 0.1) is 23.7 Å². The number of phenols is 2. The number of aliphatic hydroxyl groups is 1. The highest BCUT2D eigenvalue weighted by molar-refractivity contribution is 5.91. The smallest absolute Gasteiger partial charge is 0.344 e. The van der Waals surface area contributed by atoms with Gasteiger partial charge >= 0.3 is 5.63 Å². The van der Waals surface area contributed by atoms with Crippen LogP contribution in [0.5, 0.6) is 23.0 Å². The van der Waals surface area contributed by atoms with Crippen molar-refractivity contribution in [1.82, 2.24) is 0 Å². The SMILES string of the molecule is COc1c2c(cc3oc(=O)c(-c4ccc(O)cc4O)cc13)O[C@H](C(C)(C)O)C2. The van der Waals surface area contributed by atoms with Crippen molar-refractivity contribution in [3.05, 3.63) is 46.3 Å². The van der Waals surface area contributed by atoms with Gasteiger partial charge in [-0.25, -0.2) is 4.79 Å². The van der Waals surface area contributed by atoms with Crippen LogP contribution in [0.2, 0.25) is 0 Å². The average Bonchev–Trinajstić information content (AvgIpc) is 3.03. The van der Waals surface area contributed by atoms with Crippen LogP contribution in [0.15, 0.2) is 39.5 Å². The molecule has 0 spiro atoms. The molecule has 0 radical (unpaired) electrons. The van der Waals surface area contributed by atoms with Gasteiger partial charge < -0.3 is 29.2 Å². The molecular formula is C21H20O7. The number of ether oxygens (including phenoxy) is 2. The van der Waals surface area contributed by atoms with Gasteiger partial charge in [0.2, 0.25) is 0 Å². The molecule has 0 saturated heterocycles. The van der Waals surface area contributed by atoms with Crippen LogP contribution < -0.4 is 15.1 Å². The third kappa shape index (κ3) is 2.84. The quantitative estimate of drug-likeness (QED) is 0.596. The van der Waals surface area contributed by atoms with Crippen molar-refractivity contribution in [2.45, 2.75) is 32.0 Å². The van der Waals surface area contributed by atoms with Crippen LogP contribution in [0.1, 0.15) is 19.4 Å². The Hall–Kier alpha value is -3.19. The number of rotatable bonds is 3. The topological polar surface area (TPSA) is 109 Å². The Bertz CT molecular complexity index is 1140. The van der Waals surface area contributed by atoms with E-state index in [0.29, 0.717) is 23.3 Å². The van der Waals surface area contributed by atoms with Gasteiger partial charge in [-0.2, -0.15) is 0 Å². The highest BCUT2D eigenvalue weighted by atomic mass is 16.5. The second-order valence-corrected chi connectivity index (χ2v) is 7.41. The average molecular weight is 384 g/mol. The van der Waals surface area contributed by atoms with Crippen LogP contribution in [0.25, 0.3) is 22.1 Å². The van der Waals surface area contributed by atoms with E-state index in [1.54, 1.807) is 26.0 Å². The summed E-state index contributed by atoms with van der Waals surface area (Å²) < 4.78 is 16.9. The van der Waals surface area contributed by atoms with Gasteiger partial charge in [0, 0.05) is 29.7 Å². The Morgan fingerprint density at radius 3 is 2.54 bits per heavy atom. The number of aromatic hydroxyl groups is 2. The summed E-state index contributed by atoms with van der Waals surface area (Å²) in [6, 6.07) is 7.17. The van der Waals surface area contributed by atoms with Gasteiger partial charge in [0.25, 0.3) is 0 Å². The predicted molar refractivity (Wildman–Crippen MR) is 102 cm³/mol. The molecule has 3 N–H and O–H groups in total. The molecule has 0 fully saturated rings. The van der Waals surface area contributed by atoms with Crippen molar-refractivity contribution in [3.63, 3.8) is 0 Å². The van der Waals surface area contributed by atoms with Crippen LogP contribution in [0.4, 0.5) is 0 Å². The van der Waals surface area contributed by atoms with E-state index in [1.165, 1.54) is 19.2 Å². The van der Waals surface area contributed by atoms with Crippen molar-refractivity contribution >= 4 is 11.0 Å². The molecule has 2 heterocycles. The molecule has 0 amide bonds. The summed E-state index contributed by atoms with van der Waals surface area (Å²) in [5.74, 6) is 0.635. The fourth-order valence-corrected chi connectivity index (χ4v) is 3.49. The third-order valence-corrected chi connectivity index (χ3v) is 4.98. The number of phenolic OH excluding ortho intramolecular Hbond substituents is 2. The number of hydrogen-bond acceptors (Lipinski definition) is 7. The second kappa shape index (κ2) is 6.17. The molecule has 1 aliphatic heterocycles. The fraction of sp³-hybridized carbons (Fsp3) is 0.286. The molecule has 0 unspecified atom stereocenters. The molecule has 0 saturated carbocycles. The monoisotopic (exact) mass is 384 g/mol. The van der Waals surface area contributed by atoms with E-state index < -0.39 is 17.3 Å². The summed E-state index contributed by atoms with van der Waals surface area (Å²) in [5.41, 5.74) is -0.272. The molecule has 7 heteroatoms. The molecular weight excluding hydrogens is 364 g/mol. The maximum atomic E-state index is 12.5. The number of methoxy groups -OCH3 is 1. The first kappa shape index (κ1) is 18.2. The van der Waals surface area contributed by atoms with E-state index in [4.69, 9.17) is 13.9 Å². The Labute approximate surface area is 160 Å². The summed E-state index contributed by atoms with van der Waals surface area (Å²) >= 11 is 0. The van der Waals surface area contributed by atoms with Crippen LogP contribution in [-0.4, -0.2) is 34.1 Å². The van der Waals surface area contributed by atoms with Gasteiger partial charge in [-0.15, -0.1) is 0 Å². The molecule has 0 bridgehead atoms.